The van der Waals surface area contributed by atoms with Crippen molar-refractivity contribution in [3.8, 4) is 0 Å². The van der Waals surface area contributed by atoms with Gasteiger partial charge in [-0.2, -0.15) is 0 Å². The molecule has 0 unspecified atom stereocenters. The topological polar surface area (TPSA) is 46.3 Å². The van der Waals surface area contributed by atoms with E-state index in [-0.39, 0.29) is 11.9 Å². The number of carbonyl (C=O) groups is 1. The lowest BCUT2D eigenvalue weighted by Gasteiger charge is -2.34. The molecule has 1 aliphatic rings. The van der Waals surface area contributed by atoms with Crippen molar-refractivity contribution in [3.05, 3.63) is 33.8 Å². The van der Waals surface area contributed by atoms with E-state index in [2.05, 4.69) is 0 Å². The fourth-order valence-corrected chi connectivity index (χ4v) is 3.22. The summed E-state index contributed by atoms with van der Waals surface area (Å²) < 4.78 is 0. The van der Waals surface area contributed by atoms with E-state index < -0.39 is 0 Å². The van der Waals surface area contributed by atoms with Crippen LogP contribution in [0.1, 0.15) is 31.7 Å². The molecule has 1 saturated heterocycles. The highest BCUT2D eigenvalue weighted by Crippen LogP contribution is 2.27. The molecule has 1 aliphatic heterocycles. The number of benzene rings is 1. The van der Waals surface area contributed by atoms with Crippen LogP contribution in [0.15, 0.2) is 18.2 Å². The number of hydrogen-bond acceptors (Lipinski definition) is 2. The Morgan fingerprint density at radius 2 is 2.24 bits per heavy atom. The van der Waals surface area contributed by atoms with Crippen LogP contribution >= 0.6 is 23.2 Å². The minimum Gasteiger partial charge on any atom is -0.342 e. The number of halogens is 2. The average molecular weight is 329 g/mol. The lowest BCUT2D eigenvalue weighted by atomic mass is 9.92. The van der Waals surface area contributed by atoms with E-state index in [4.69, 9.17) is 28.9 Å². The van der Waals surface area contributed by atoms with Gasteiger partial charge in [0.2, 0.25) is 5.91 Å². The van der Waals surface area contributed by atoms with E-state index in [1.165, 1.54) is 0 Å². The first kappa shape index (κ1) is 16.6. The highest BCUT2D eigenvalue weighted by molar-refractivity contribution is 6.42. The molecule has 0 aliphatic carbocycles. The minimum absolute atomic E-state index is 0.142. The molecule has 1 heterocycles. The van der Waals surface area contributed by atoms with Crippen molar-refractivity contribution < 1.29 is 4.79 Å². The standard InChI is InChI=1S/C16H22Cl2N2O/c1-11(19)13-5-3-9-20(10-13)15(21)8-7-12-4-2-6-14(17)16(12)18/h2,4,6,11,13H,3,5,7-10,19H2,1H3/t11-,13+/m0/s1. The number of aryl methyl sites for hydroxylation is 1. The van der Waals surface area contributed by atoms with Gasteiger partial charge in [0.05, 0.1) is 10.0 Å². The molecule has 2 rings (SSSR count). The van der Waals surface area contributed by atoms with Crippen molar-refractivity contribution in [1.29, 1.82) is 0 Å². The van der Waals surface area contributed by atoms with Gasteiger partial charge in [-0.15, -0.1) is 0 Å². The summed E-state index contributed by atoms with van der Waals surface area (Å²) in [4.78, 5) is 14.3. The van der Waals surface area contributed by atoms with Gasteiger partial charge in [0.1, 0.15) is 0 Å². The Labute approximate surface area is 136 Å². The monoisotopic (exact) mass is 328 g/mol. The molecule has 0 spiro atoms. The van der Waals surface area contributed by atoms with E-state index in [0.717, 1.165) is 31.5 Å². The highest BCUT2D eigenvalue weighted by Gasteiger charge is 2.25. The number of amides is 1. The number of piperidine rings is 1. The molecule has 1 fully saturated rings. The van der Waals surface area contributed by atoms with Gasteiger partial charge in [-0.3, -0.25) is 4.79 Å². The fraction of sp³-hybridized carbons (Fsp3) is 0.562. The van der Waals surface area contributed by atoms with E-state index >= 15 is 0 Å². The molecule has 0 aromatic heterocycles. The van der Waals surface area contributed by atoms with E-state index in [0.29, 0.717) is 28.8 Å². The molecule has 0 bridgehead atoms. The number of rotatable bonds is 4. The number of nitrogens with two attached hydrogens (primary N) is 1. The number of nitrogens with zero attached hydrogens (tertiary/aromatic N) is 1. The lowest BCUT2D eigenvalue weighted by Crippen LogP contribution is -2.45. The van der Waals surface area contributed by atoms with Gasteiger partial charge < -0.3 is 10.6 Å². The van der Waals surface area contributed by atoms with Crippen molar-refractivity contribution in [2.24, 2.45) is 11.7 Å². The van der Waals surface area contributed by atoms with Crippen molar-refractivity contribution in [3.63, 3.8) is 0 Å². The Hall–Kier alpha value is -0.770. The molecule has 3 nitrogen and oxygen atoms in total. The van der Waals surface area contributed by atoms with Crippen LogP contribution in [0.2, 0.25) is 10.0 Å². The summed E-state index contributed by atoms with van der Waals surface area (Å²) in [5.41, 5.74) is 6.89. The second-order valence-corrected chi connectivity index (χ2v) is 6.60. The Kier molecular flexibility index (Phi) is 5.91. The van der Waals surface area contributed by atoms with E-state index in [1.54, 1.807) is 6.07 Å². The largest absolute Gasteiger partial charge is 0.342 e. The maximum atomic E-state index is 12.3. The predicted octanol–water partition coefficient (Wildman–Crippen LogP) is 3.51. The van der Waals surface area contributed by atoms with Crippen LogP contribution in [0.3, 0.4) is 0 Å². The Balaban J connectivity index is 1.91. The summed E-state index contributed by atoms with van der Waals surface area (Å²) in [7, 11) is 0. The van der Waals surface area contributed by atoms with Gasteiger partial charge >= 0.3 is 0 Å². The highest BCUT2D eigenvalue weighted by atomic mass is 35.5. The van der Waals surface area contributed by atoms with Crippen LogP contribution in [0, 0.1) is 5.92 Å². The smallest absolute Gasteiger partial charge is 0.222 e. The molecular weight excluding hydrogens is 307 g/mol. The number of carbonyl (C=O) groups excluding carboxylic acids is 1. The maximum absolute atomic E-state index is 12.3. The first-order chi connectivity index (χ1) is 9.99. The van der Waals surface area contributed by atoms with Crippen LogP contribution < -0.4 is 5.73 Å². The number of likely N-dealkylation sites (tertiary alicyclic amines) is 1. The molecule has 116 valence electrons. The van der Waals surface area contributed by atoms with Gasteiger partial charge in [-0.05, 0) is 43.7 Å². The van der Waals surface area contributed by atoms with Crippen molar-refractivity contribution in [2.45, 2.75) is 38.6 Å². The van der Waals surface area contributed by atoms with Crippen molar-refractivity contribution in [2.75, 3.05) is 13.1 Å². The van der Waals surface area contributed by atoms with E-state index in [1.807, 2.05) is 24.0 Å². The molecule has 2 N–H and O–H groups in total. The first-order valence-electron chi connectivity index (χ1n) is 7.45. The third-order valence-electron chi connectivity index (χ3n) is 4.19. The third-order valence-corrected chi connectivity index (χ3v) is 5.05. The maximum Gasteiger partial charge on any atom is 0.222 e. The molecule has 5 heteroatoms. The summed E-state index contributed by atoms with van der Waals surface area (Å²) >= 11 is 12.1. The summed E-state index contributed by atoms with van der Waals surface area (Å²) in [6, 6.07) is 5.68. The van der Waals surface area contributed by atoms with Gasteiger partial charge in [-0.1, -0.05) is 35.3 Å². The second-order valence-electron chi connectivity index (χ2n) is 5.81. The molecule has 1 aromatic carbocycles. The third kappa shape index (κ3) is 4.35. The zero-order valence-corrected chi connectivity index (χ0v) is 13.8. The summed E-state index contributed by atoms with van der Waals surface area (Å²) in [5, 5.41) is 1.09. The van der Waals surface area contributed by atoms with Crippen LogP contribution in [0.5, 0.6) is 0 Å². The zero-order chi connectivity index (χ0) is 15.4. The molecular formula is C16H22Cl2N2O. The molecule has 21 heavy (non-hydrogen) atoms. The van der Waals surface area contributed by atoms with Crippen molar-refractivity contribution in [1.82, 2.24) is 4.90 Å². The summed E-state index contributed by atoms with van der Waals surface area (Å²) in [5.74, 6) is 0.592. The fourth-order valence-electron chi connectivity index (χ4n) is 2.81. The lowest BCUT2D eigenvalue weighted by molar-refractivity contribution is -0.133. The second kappa shape index (κ2) is 7.48. The van der Waals surface area contributed by atoms with Gasteiger partial charge in [0.15, 0.2) is 0 Å². The van der Waals surface area contributed by atoms with Crippen LogP contribution in [0.25, 0.3) is 0 Å². The zero-order valence-electron chi connectivity index (χ0n) is 12.3. The molecule has 1 amide bonds. The van der Waals surface area contributed by atoms with Gasteiger partial charge in [-0.25, -0.2) is 0 Å². The molecule has 2 atom stereocenters. The Morgan fingerprint density at radius 3 is 2.95 bits per heavy atom. The van der Waals surface area contributed by atoms with Crippen LogP contribution in [-0.2, 0) is 11.2 Å². The average Bonchev–Trinajstić information content (AvgIpc) is 2.48. The Bertz CT molecular complexity index is 505. The molecule has 0 saturated carbocycles. The van der Waals surface area contributed by atoms with E-state index in [9.17, 15) is 4.79 Å². The van der Waals surface area contributed by atoms with Crippen LogP contribution in [-0.4, -0.2) is 29.9 Å². The quantitative estimate of drug-likeness (QED) is 0.919. The minimum atomic E-state index is 0.142. The predicted molar refractivity (Wildman–Crippen MR) is 87.7 cm³/mol. The van der Waals surface area contributed by atoms with Crippen LogP contribution in [0.4, 0.5) is 0 Å². The first-order valence-corrected chi connectivity index (χ1v) is 8.21. The van der Waals surface area contributed by atoms with Gasteiger partial charge in [0.25, 0.3) is 0 Å². The summed E-state index contributed by atoms with van der Waals surface area (Å²) in [6.07, 6.45) is 3.24. The molecule has 1 aromatic rings. The van der Waals surface area contributed by atoms with Gasteiger partial charge in [0, 0.05) is 25.6 Å². The Morgan fingerprint density at radius 1 is 1.48 bits per heavy atom. The normalized spacial score (nSPS) is 20.4. The number of hydrogen-bond donors (Lipinski definition) is 1. The van der Waals surface area contributed by atoms with Crippen molar-refractivity contribution >= 4 is 29.1 Å². The SMILES string of the molecule is C[C@H](N)[C@@H]1CCCN(C(=O)CCc2cccc(Cl)c2Cl)C1. The molecule has 0 radical (unpaired) electrons. The summed E-state index contributed by atoms with van der Waals surface area (Å²) in [6.45, 7) is 3.63.